The zero-order valence-corrected chi connectivity index (χ0v) is 21.2. The van der Waals surface area contributed by atoms with E-state index in [1.54, 1.807) is 32.7 Å². The number of rotatable bonds is 7. The summed E-state index contributed by atoms with van der Waals surface area (Å²) in [4.78, 5) is 1.24. The maximum atomic E-state index is 12.4. The van der Waals surface area contributed by atoms with Crippen molar-refractivity contribution in [2.45, 2.75) is 88.2 Å². The normalized spacial score (nSPS) is 28.4. The Kier molecular flexibility index (Phi) is 8.35. The largest absolute Gasteiger partial charge is 0.385 e. The van der Waals surface area contributed by atoms with Crippen LogP contribution >= 0.6 is 11.9 Å². The van der Waals surface area contributed by atoms with Crippen molar-refractivity contribution in [2.75, 3.05) is 25.0 Å². The lowest BCUT2D eigenvalue weighted by Gasteiger charge is -2.34. The van der Waals surface area contributed by atoms with Crippen molar-refractivity contribution in [1.29, 1.82) is 0 Å². The second-order valence-corrected chi connectivity index (χ2v) is 13.7. The first-order valence-corrected chi connectivity index (χ1v) is 13.7. The van der Waals surface area contributed by atoms with Crippen LogP contribution in [0, 0.1) is 5.92 Å². The van der Waals surface area contributed by atoms with Gasteiger partial charge >= 0.3 is 0 Å². The van der Waals surface area contributed by atoms with Gasteiger partial charge in [-0.1, -0.05) is 6.07 Å². The van der Waals surface area contributed by atoms with Crippen LogP contribution in [-0.4, -0.2) is 55.4 Å². The second-order valence-electron chi connectivity index (χ2n) is 10.1. The Bertz CT molecular complexity index is 808. The summed E-state index contributed by atoms with van der Waals surface area (Å²) in [5, 5.41) is 3.60. The predicted molar refractivity (Wildman–Crippen MR) is 130 cm³/mol. The van der Waals surface area contributed by atoms with Crippen LogP contribution < -0.4 is 10.0 Å². The zero-order valence-electron chi connectivity index (χ0n) is 19.6. The Hall–Kier alpha value is -0.800. The van der Waals surface area contributed by atoms with Crippen LogP contribution in [0.2, 0.25) is 0 Å². The minimum atomic E-state index is -3.27. The lowest BCUT2D eigenvalue weighted by molar-refractivity contribution is -0.0414. The Morgan fingerprint density at radius 3 is 2.35 bits per heavy atom. The minimum Gasteiger partial charge on any atom is -0.385 e. The van der Waals surface area contributed by atoms with Gasteiger partial charge in [0.2, 0.25) is 10.0 Å². The van der Waals surface area contributed by atoms with Crippen LogP contribution in [0.1, 0.15) is 60.3 Å². The van der Waals surface area contributed by atoms with Gasteiger partial charge in [0.15, 0.2) is 0 Å². The Morgan fingerprint density at radius 2 is 1.74 bits per heavy atom. The van der Waals surface area contributed by atoms with E-state index < -0.39 is 14.8 Å². The number of benzene rings is 1. The lowest BCUT2D eigenvalue weighted by Crippen LogP contribution is -2.46. The molecule has 8 heteroatoms. The molecule has 0 aromatic heterocycles. The van der Waals surface area contributed by atoms with Gasteiger partial charge in [-0.25, -0.2) is 17.4 Å². The molecule has 0 radical (unpaired) electrons. The van der Waals surface area contributed by atoms with Crippen molar-refractivity contribution in [3.8, 4) is 0 Å². The topological polar surface area (TPSA) is 70.7 Å². The number of hydrogen-bond acceptors (Lipinski definition) is 6. The van der Waals surface area contributed by atoms with E-state index in [0.29, 0.717) is 5.92 Å². The molecule has 1 aromatic rings. The molecule has 0 bridgehead atoms. The number of hydrogen-bond donors (Lipinski definition) is 2. The molecule has 2 aliphatic rings. The molecule has 176 valence electrons. The van der Waals surface area contributed by atoms with Gasteiger partial charge in [-0.2, -0.15) is 0 Å². The average Bonchev–Trinajstić information content (AvgIpc) is 2.66. The van der Waals surface area contributed by atoms with Gasteiger partial charge in [0.1, 0.15) is 0 Å². The van der Waals surface area contributed by atoms with Crippen LogP contribution in [0.25, 0.3) is 0 Å². The van der Waals surface area contributed by atoms with E-state index in [1.165, 1.54) is 4.90 Å². The van der Waals surface area contributed by atoms with E-state index in [9.17, 15) is 8.42 Å². The van der Waals surface area contributed by atoms with Gasteiger partial charge in [0, 0.05) is 36.3 Å². The average molecular weight is 470 g/mol. The van der Waals surface area contributed by atoms with Gasteiger partial charge in [0.25, 0.3) is 0 Å². The van der Waals surface area contributed by atoms with Gasteiger partial charge in [-0.05, 0) is 96.4 Å². The predicted octanol–water partition coefficient (Wildman–Crippen LogP) is 4.49. The van der Waals surface area contributed by atoms with Crippen molar-refractivity contribution in [2.24, 2.45) is 5.92 Å². The highest BCUT2D eigenvalue weighted by Crippen LogP contribution is 2.30. The number of nitrogens with one attached hydrogen (secondary N) is 2. The molecule has 3 rings (SSSR count). The van der Waals surface area contributed by atoms with E-state index in [4.69, 9.17) is 4.74 Å². The third-order valence-electron chi connectivity index (χ3n) is 6.02. The molecule has 2 N–H and O–H groups in total. The smallest absolute Gasteiger partial charge is 0.216 e. The van der Waals surface area contributed by atoms with Gasteiger partial charge in [-0.3, -0.25) is 0 Å². The highest BCUT2D eigenvalue weighted by atomic mass is 32.2. The summed E-state index contributed by atoms with van der Waals surface area (Å²) in [6.45, 7) is 12.3. The Balaban J connectivity index is 1.44. The fourth-order valence-electron chi connectivity index (χ4n) is 4.16. The number of morpholine rings is 1. The highest BCUT2D eigenvalue weighted by molar-refractivity contribution is 7.97. The SMILES string of the molecule is CC1CN(Sc2cccc(NCC3CCC(NS(=O)(=O)C(C)(C)C)CC3)c2)CC(C)O1. The molecule has 2 fully saturated rings. The fraction of sp³-hybridized carbons (Fsp3) is 0.739. The molecule has 31 heavy (non-hydrogen) atoms. The summed E-state index contributed by atoms with van der Waals surface area (Å²) >= 11 is 1.80. The lowest BCUT2D eigenvalue weighted by atomic mass is 9.86. The van der Waals surface area contributed by atoms with Gasteiger partial charge in [0.05, 0.1) is 17.0 Å². The molecule has 1 saturated carbocycles. The first-order valence-electron chi connectivity index (χ1n) is 11.5. The Morgan fingerprint density at radius 1 is 1.10 bits per heavy atom. The molecular weight excluding hydrogens is 430 g/mol. The summed E-state index contributed by atoms with van der Waals surface area (Å²) in [5.74, 6) is 0.577. The molecular formula is C23H39N3O3S2. The first-order chi connectivity index (χ1) is 14.5. The third-order valence-corrected chi connectivity index (χ3v) is 9.30. The van der Waals surface area contributed by atoms with E-state index in [1.807, 2.05) is 0 Å². The number of anilines is 1. The van der Waals surface area contributed by atoms with Crippen molar-refractivity contribution in [3.63, 3.8) is 0 Å². The molecule has 1 heterocycles. The zero-order chi connectivity index (χ0) is 22.6. The molecule has 6 nitrogen and oxygen atoms in total. The molecule has 2 unspecified atom stereocenters. The minimum absolute atomic E-state index is 0.0681. The summed E-state index contributed by atoms with van der Waals surface area (Å²) in [7, 11) is -3.27. The maximum Gasteiger partial charge on any atom is 0.216 e. The van der Waals surface area contributed by atoms with Crippen molar-refractivity contribution >= 4 is 27.7 Å². The quantitative estimate of drug-likeness (QED) is 0.573. The Labute approximate surface area is 193 Å². The number of nitrogens with zero attached hydrogens (tertiary/aromatic N) is 1. The monoisotopic (exact) mass is 469 g/mol. The molecule has 1 aliphatic heterocycles. The van der Waals surface area contributed by atoms with Crippen LogP contribution in [0.3, 0.4) is 0 Å². The summed E-state index contributed by atoms with van der Waals surface area (Å²) in [6.07, 6.45) is 4.43. The standard InChI is InChI=1S/C23H39N3O3S2/c1-17-15-26(16-18(2)29-17)30-22-8-6-7-21(13-22)24-14-19-9-11-20(12-10-19)25-31(27,28)23(3,4)5/h6-8,13,17-20,24-25H,9-12,14-16H2,1-5H3. The van der Waals surface area contributed by atoms with Crippen molar-refractivity contribution in [3.05, 3.63) is 24.3 Å². The summed E-state index contributed by atoms with van der Waals surface area (Å²) in [6, 6.07) is 8.68. The molecule has 1 aliphatic carbocycles. The number of ether oxygens (including phenoxy) is 1. The third kappa shape index (κ3) is 7.35. The van der Waals surface area contributed by atoms with Crippen molar-refractivity contribution in [1.82, 2.24) is 9.03 Å². The van der Waals surface area contributed by atoms with E-state index in [2.05, 4.69) is 52.5 Å². The fourth-order valence-corrected chi connectivity index (χ4v) is 6.37. The van der Waals surface area contributed by atoms with E-state index in [-0.39, 0.29) is 18.2 Å². The molecule has 0 amide bonds. The summed E-state index contributed by atoms with van der Waals surface area (Å²) in [5.41, 5.74) is 1.15. The molecule has 0 spiro atoms. The summed E-state index contributed by atoms with van der Waals surface area (Å²) < 4.78 is 35.1. The van der Waals surface area contributed by atoms with E-state index >= 15 is 0 Å². The maximum absolute atomic E-state index is 12.4. The van der Waals surface area contributed by atoms with Gasteiger partial charge < -0.3 is 10.1 Å². The van der Waals surface area contributed by atoms with E-state index in [0.717, 1.165) is 51.0 Å². The van der Waals surface area contributed by atoms with Crippen LogP contribution in [0.5, 0.6) is 0 Å². The van der Waals surface area contributed by atoms with Crippen LogP contribution in [-0.2, 0) is 14.8 Å². The van der Waals surface area contributed by atoms with Crippen LogP contribution in [0.4, 0.5) is 5.69 Å². The first kappa shape index (κ1) is 24.8. The van der Waals surface area contributed by atoms with Gasteiger partial charge in [-0.15, -0.1) is 0 Å². The number of sulfonamides is 1. The highest BCUT2D eigenvalue weighted by Gasteiger charge is 2.32. The van der Waals surface area contributed by atoms with Crippen molar-refractivity contribution < 1.29 is 13.2 Å². The van der Waals surface area contributed by atoms with Crippen LogP contribution in [0.15, 0.2) is 29.2 Å². The molecule has 1 saturated heterocycles. The molecule has 2 atom stereocenters. The molecule has 1 aromatic carbocycles. The second kappa shape index (κ2) is 10.4.